The molecule has 0 spiro atoms. The van der Waals surface area contributed by atoms with E-state index in [1.54, 1.807) is 42.5 Å². The number of nitrogens with zero attached hydrogens (tertiary/aromatic N) is 1. The summed E-state index contributed by atoms with van der Waals surface area (Å²) >= 11 is 0. The molecule has 1 amide bonds. The van der Waals surface area contributed by atoms with Crippen molar-refractivity contribution in [3.63, 3.8) is 0 Å². The Morgan fingerprint density at radius 3 is 2.54 bits per heavy atom. The van der Waals surface area contributed by atoms with E-state index in [0.717, 1.165) is 37.9 Å². The lowest BCUT2D eigenvalue weighted by Gasteiger charge is -2.23. The van der Waals surface area contributed by atoms with E-state index < -0.39 is 15.9 Å². The second kappa shape index (κ2) is 10.7. The van der Waals surface area contributed by atoms with Gasteiger partial charge in [0.2, 0.25) is 0 Å². The minimum absolute atomic E-state index is 0.0746. The van der Waals surface area contributed by atoms with Crippen molar-refractivity contribution in [1.29, 1.82) is 0 Å². The molecule has 0 radical (unpaired) electrons. The number of hydrogen-bond donors (Lipinski definition) is 2. The van der Waals surface area contributed by atoms with E-state index in [-0.39, 0.29) is 17.1 Å². The third kappa shape index (κ3) is 5.90. The Kier molecular flexibility index (Phi) is 7.31. The second-order valence-electron chi connectivity index (χ2n) is 10.3. The molecule has 2 aliphatic heterocycles. The van der Waals surface area contributed by atoms with E-state index >= 15 is 0 Å². The lowest BCUT2D eigenvalue weighted by atomic mass is 10.0. The van der Waals surface area contributed by atoms with E-state index in [4.69, 9.17) is 14.2 Å². The molecule has 3 aromatic rings. The van der Waals surface area contributed by atoms with Gasteiger partial charge in [-0.25, -0.2) is 8.42 Å². The van der Waals surface area contributed by atoms with Gasteiger partial charge in [0.1, 0.15) is 16.2 Å². The predicted molar refractivity (Wildman–Crippen MR) is 151 cm³/mol. The molecule has 0 aliphatic carbocycles. The van der Waals surface area contributed by atoms with Gasteiger partial charge in [0, 0.05) is 30.8 Å². The van der Waals surface area contributed by atoms with E-state index in [9.17, 15) is 13.2 Å². The van der Waals surface area contributed by atoms with Crippen LogP contribution in [0, 0.1) is 0 Å². The fourth-order valence-electron chi connectivity index (χ4n) is 5.00. The summed E-state index contributed by atoms with van der Waals surface area (Å²) < 4.78 is 47.0. The lowest BCUT2D eigenvalue weighted by Crippen LogP contribution is -2.25. The highest BCUT2D eigenvalue weighted by Gasteiger charge is 2.32. The van der Waals surface area contributed by atoms with E-state index in [0.29, 0.717) is 34.3 Å². The van der Waals surface area contributed by atoms with Crippen LogP contribution in [0.3, 0.4) is 0 Å². The van der Waals surface area contributed by atoms with Gasteiger partial charge in [0.25, 0.3) is 15.9 Å². The summed E-state index contributed by atoms with van der Waals surface area (Å²) in [6.45, 7) is 5.27. The van der Waals surface area contributed by atoms with Gasteiger partial charge in [0.05, 0.1) is 18.5 Å². The van der Waals surface area contributed by atoms with Crippen LogP contribution in [0.4, 0.5) is 17.1 Å². The number of fused-ring (bicyclic) bond motifs is 1. The molecule has 0 bridgehead atoms. The van der Waals surface area contributed by atoms with Crippen LogP contribution in [-0.4, -0.2) is 46.7 Å². The molecule has 9 nitrogen and oxygen atoms in total. The SMILES string of the molecule is COc1ccccc1NS(=O)(=O)c1cc(NC(=O)COc2cccc3c2OC(C)(C)C3)ccc1N1CCCC1. The maximum Gasteiger partial charge on any atom is 0.264 e. The molecular formula is C29H33N3O6S. The van der Waals surface area contributed by atoms with Crippen LogP contribution in [-0.2, 0) is 21.2 Å². The van der Waals surface area contributed by atoms with Crippen LogP contribution in [0.2, 0.25) is 0 Å². The number of para-hydroxylation sites is 3. The molecule has 2 N–H and O–H groups in total. The van der Waals surface area contributed by atoms with Crippen LogP contribution in [0.1, 0.15) is 32.3 Å². The van der Waals surface area contributed by atoms with Crippen molar-refractivity contribution in [3.05, 3.63) is 66.2 Å². The minimum Gasteiger partial charge on any atom is -0.495 e. The molecule has 1 saturated heterocycles. The van der Waals surface area contributed by atoms with Gasteiger partial charge in [-0.3, -0.25) is 9.52 Å². The Bertz CT molecular complexity index is 1480. The van der Waals surface area contributed by atoms with Crippen molar-refractivity contribution in [2.75, 3.05) is 41.7 Å². The van der Waals surface area contributed by atoms with Crippen molar-refractivity contribution in [2.45, 2.75) is 43.6 Å². The number of anilines is 3. The molecular weight excluding hydrogens is 518 g/mol. The number of nitrogens with one attached hydrogen (secondary N) is 2. The van der Waals surface area contributed by atoms with Gasteiger partial charge in [0.15, 0.2) is 18.1 Å². The Labute approximate surface area is 229 Å². The number of ether oxygens (including phenoxy) is 3. The molecule has 0 atom stereocenters. The van der Waals surface area contributed by atoms with Crippen LogP contribution in [0.15, 0.2) is 65.6 Å². The molecule has 0 unspecified atom stereocenters. The third-order valence-electron chi connectivity index (χ3n) is 6.74. The first-order chi connectivity index (χ1) is 18.6. The predicted octanol–water partition coefficient (Wildman–Crippen LogP) is 4.83. The average molecular weight is 552 g/mol. The molecule has 2 heterocycles. The monoisotopic (exact) mass is 551 g/mol. The number of hydrogen-bond acceptors (Lipinski definition) is 7. The average Bonchev–Trinajstić information content (AvgIpc) is 3.54. The van der Waals surface area contributed by atoms with Crippen molar-refractivity contribution in [3.8, 4) is 17.2 Å². The number of carbonyl (C=O) groups excluding carboxylic acids is 1. The molecule has 5 rings (SSSR count). The van der Waals surface area contributed by atoms with Gasteiger partial charge >= 0.3 is 0 Å². The summed E-state index contributed by atoms with van der Waals surface area (Å²) in [6, 6.07) is 17.4. The fourth-order valence-corrected chi connectivity index (χ4v) is 6.32. The summed E-state index contributed by atoms with van der Waals surface area (Å²) in [5.41, 5.74) is 1.97. The summed E-state index contributed by atoms with van der Waals surface area (Å²) in [4.78, 5) is 14.9. The smallest absolute Gasteiger partial charge is 0.264 e. The fraction of sp³-hybridized carbons (Fsp3) is 0.345. The molecule has 10 heteroatoms. The summed E-state index contributed by atoms with van der Waals surface area (Å²) in [5, 5.41) is 2.77. The zero-order valence-electron chi connectivity index (χ0n) is 22.3. The van der Waals surface area contributed by atoms with Gasteiger partial charge in [-0.15, -0.1) is 0 Å². The molecule has 39 heavy (non-hydrogen) atoms. The third-order valence-corrected chi connectivity index (χ3v) is 8.14. The first kappa shape index (κ1) is 26.7. The number of benzene rings is 3. The van der Waals surface area contributed by atoms with Crippen LogP contribution in [0.5, 0.6) is 17.2 Å². The summed E-state index contributed by atoms with van der Waals surface area (Å²) in [5.74, 6) is 1.15. The van der Waals surface area contributed by atoms with E-state index in [1.165, 1.54) is 13.2 Å². The standard InChI is InChI=1S/C29H33N3O6S/c1-29(2)18-20-9-8-12-25(28(20)38-29)37-19-27(33)30-21-13-14-23(32-15-6-7-16-32)26(17-21)39(34,35)31-22-10-4-5-11-24(22)36-3/h4-5,8-14,17,31H,6-7,15-16,18-19H2,1-3H3,(H,30,33). The normalized spacial score (nSPS) is 15.8. The summed E-state index contributed by atoms with van der Waals surface area (Å²) in [6.07, 6.45) is 2.73. The minimum atomic E-state index is -4.02. The van der Waals surface area contributed by atoms with Crippen molar-refractivity contribution in [2.24, 2.45) is 0 Å². The van der Waals surface area contributed by atoms with E-state index in [2.05, 4.69) is 10.0 Å². The van der Waals surface area contributed by atoms with Gasteiger partial charge in [-0.05, 0) is 63.1 Å². The van der Waals surface area contributed by atoms with Gasteiger partial charge < -0.3 is 24.4 Å². The maximum atomic E-state index is 13.6. The number of amides is 1. The Morgan fingerprint density at radius 2 is 1.77 bits per heavy atom. The highest BCUT2D eigenvalue weighted by Crippen LogP contribution is 2.41. The molecule has 2 aliphatic rings. The van der Waals surface area contributed by atoms with Crippen molar-refractivity contribution < 1.29 is 27.4 Å². The summed E-state index contributed by atoms with van der Waals surface area (Å²) in [7, 11) is -2.53. The Hall–Kier alpha value is -3.92. The lowest BCUT2D eigenvalue weighted by molar-refractivity contribution is -0.118. The van der Waals surface area contributed by atoms with Gasteiger partial charge in [-0.2, -0.15) is 0 Å². The van der Waals surface area contributed by atoms with Crippen LogP contribution in [0.25, 0.3) is 0 Å². The first-order valence-corrected chi connectivity index (χ1v) is 14.4. The molecule has 0 saturated carbocycles. The largest absolute Gasteiger partial charge is 0.495 e. The Morgan fingerprint density at radius 1 is 1.03 bits per heavy atom. The molecule has 1 fully saturated rings. The zero-order chi connectivity index (χ0) is 27.6. The number of rotatable bonds is 9. The molecule has 0 aromatic heterocycles. The highest BCUT2D eigenvalue weighted by atomic mass is 32.2. The zero-order valence-corrected chi connectivity index (χ0v) is 23.1. The number of carbonyl (C=O) groups is 1. The second-order valence-corrected chi connectivity index (χ2v) is 12.0. The maximum absolute atomic E-state index is 13.6. The number of sulfonamides is 1. The highest BCUT2D eigenvalue weighted by molar-refractivity contribution is 7.93. The van der Waals surface area contributed by atoms with Gasteiger partial charge in [-0.1, -0.05) is 24.3 Å². The van der Waals surface area contributed by atoms with Crippen molar-refractivity contribution in [1.82, 2.24) is 0 Å². The molecule has 3 aromatic carbocycles. The first-order valence-electron chi connectivity index (χ1n) is 12.9. The molecule has 206 valence electrons. The van der Waals surface area contributed by atoms with Crippen LogP contribution >= 0.6 is 0 Å². The van der Waals surface area contributed by atoms with Crippen LogP contribution < -0.4 is 29.1 Å². The quantitative estimate of drug-likeness (QED) is 0.393. The number of methoxy groups -OCH3 is 1. The topological polar surface area (TPSA) is 106 Å². The van der Waals surface area contributed by atoms with E-state index in [1.807, 2.05) is 30.9 Å². The Balaban J connectivity index is 1.35. The van der Waals surface area contributed by atoms with Crippen molar-refractivity contribution >= 4 is 33.0 Å².